The SMILES string of the molecule is CC(=O)OC1CCc2[nH]c(=O)c(C#N)cc2C1=O. The molecule has 1 aromatic heterocycles. The van der Waals surface area contributed by atoms with Crippen LogP contribution in [0.25, 0.3) is 0 Å². The minimum Gasteiger partial charge on any atom is -0.454 e. The summed E-state index contributed by atoms with van der Waals surface area (Å²) in [6.45, 7) is 1.23. The van der Waals surface area contributed by atoms with E-state index < -0.39 is 17.6 Å². The van der Waals surface area contributed by atoms with Crippen molar-refractivity contribution in [3.63, 3.8) is 0 Å². The Morgan fingerprint density at radius 3 is 2.89 bits per heavy atom. The summed E-state index contributed by atoms with van der Waals surface area (Å²) in [6, 6.07) is 2.97. The number of nitrogens with zero attached hydrogens (tertiary/aromatic N) is 1. The van der Waals surface area contributed by atoms with Gasteiger partial charge < -0.3 is 9.72 Å². The summed E-state index contributed by atoms with van der Waals surface area (Å²) in [5.74, 6) is -0.902. The highest BCUT2D eigenvalue weighted by atomic mass is 16.5. The molecule has 1 atom stereocenters. The summed E-state index contributed by atoms with van der Waals surface area (Å²) >= 11 is 0. The first kappa shape index (κ1) is 12.0. The van der Waals surface area contributed by atoms with E-state index >= 15 is 0 Å². The Labute approximate surface area is 102 Å². The average molecular weight is 246 g/mol. The second-order valence-corrected chi connectivity index (χ2v) is 4.02. The van der Waals surface area contributed by atoms with Crippen molar-refractivity contribution >= 4 is 11.8 Å². The zero-order valence-electron chi connectivity index (χ0n) is 9.65. The molecule has 1 N–H and O–H groups in total. The van der Waals surface area contributed by atoms with Gasteiger partial charge in [0.2, 0.25) is 5.78 Å². The number of fused-ring (bicyclic) bond motifs is 1. The van der Waals surface area contributed by atoms with Crippen LogP contribution >= 0.6 is 0 Å². The van der Waals surface area contributed by atoms with E-state index in [0.29, 0.717) is 18.5 Å². The topological polar surface area (TPSA) is 100 Å². The number of nitriles is 1. The number of carbonyl (C=O) groups is 2. The van der Waals surface area contributed by atoms with Gasteiger partial charge in [-0.2, -0.15) is 5.26 Å². The molecule has 0 aromatic carbocycles. The largest absolute Gasteiger partial charge is 0.454 e. The maximum atomic E-state index is 12.0. The number of hydrogen-bond acceptors (Lipinski definition) is 5. The van der Waals surface area contributed by atoms with Gasteiger partial charge >= 0.3 is 5.97 Å². The molecule has 18 heavy (non-hydrogen) atoms. The van der Waals surface area contributed by atoms with E-state index in [-0.39, 0.29) is 16.9 Å². The van der Waals surface area contributed by atoms with E-state index in [1.54, 1.807) is 6.07 Å². The van der Waals surface area contributed by atoms with Crippen LogP contribution in [0.3, 0.4) is 0 Å². The van der Waals surface area contributed by atoms with Crippen molar-refractivity contribution in [1.82, 2.24) is 4.98 Å². The van der Waals surface area contributed by atoms with Gasteiger partial charge in [0.05, 0.1) is 0 Å². The lowest BCUT2D eigenvalue weighted by atomic mass is 9.91. The van der Waals surface area contributed by atoms with Crippen molar-refractivity contribution < 1.29 is 14.3 Å². The summed E-state index contributed by atoms with van der Waals surface area (Å²) in [5, 5.41) is 8.75. The summed E-state index contributed by atoms with van der Waals surface area (Å²) in [5.41, 5.74) is 0.122. The van der Waals surface area contributed by atoms with Crippen molar-refractivity contribution in [1.29, 1.82) is 5.26 Å². The lowest BCUT2D eigenvalue weighted by Gasteiger charge is -2.22. The third kappa shape index (κ3) is 2.02. The number of ether oxygens (including phenoxy) is 1. The highest BCUT2D eigenvalue weighted by Crippen LogP contribution is 2.21. The summed E-state index contributed by atoms with van der Waals surface area (Å²) in [4.78, 5) is 36.8. The van der Waals surface area contributed by atoms with E-state index in [1.807, 2.05) is 0 Å². The van der Waals surface area contributed by atoms with Crippen LogP contribution in [0.5, 0.6) is 0 Å². The predicted octanol–water partition coefficient (Wildman–Crippen LogP) is 0.307. The maximum Gasteiger partial charge on any atom is 0.303 e. The van der Waals surface area contributed by atoms with Gasteiger partial charge in [-0.05, 0) is 18.9 Å². The number of aromatic amines is 1. The minimum atomic E-state index is -0.826. The van der Waals surface area contributed by atoms with Crippen LogP contribution in [-0.4, -0.2) is 22.8 Å². The van der Waals surface area contributed by atoms with Crippen molar-refractivity contribution in [2.24, 2.45) is 0 Å². The molecule has 0 bridgehead atoms. The van der Waals surface area contributed by atoms with Crippen LogP contribution in [0.4, 0.5) is 0 Å². The van der Waals surface area contributed by atoms with Gasteiger partial charge in [0, 0.05) is 18.2 Å². The normalized spacial score (nSPS) is 17.8. The third-order valence-corrected chi connectivity index (χ3v) is 2.77. The van der Waals surface area contributed by atoms with Gasteiger partial charge in [0.15, 0.2) is 6.10 Å². The fraction of sp³-hybridized carbons (Fsp3) is 0.333. The Kier molecular flexibility index (Phi) is 2.98. The number of Topliss-reactive ketones (excluding diaryl/α,β-unsaturated/α-hetero) is 1. The summed E-state index contributed by atoms with van der Waals surface area (Å²) < 4.78 is 4.90. The van der Waals surface area contributed by atoms with E-state index in [9.17, 15) is 14.4 Å². The van der Waals surface area contributed by atoms with E-state index in [1.165, 1.54) is 13.0 Å². The number of H-pyrrole nitrogens is 1. The van der Waals surface area contributed by atoms with E-state index in [4.69, 9.17) is 10.00 Å². The monoisotopic (exact) mass is 246 g/mol. The zero-order valence-corrected chi connectivity index (χ0v) is 9.65. The first-order valence-electron chi connectivity index (χ1n) is 5.40. The molecule has 0 radical (unpaired) electrons. The van der Waals surface area contributed by atoms with Gasteiger partial charge in [-0.3, -0.25) is 14.4 Å². The minimum absolute atomic E-state index is 0.120. The molecule has 1 aliphatic carbocycles. The van der Waals surface area contributed by atoms with Gasteiger partial charge in [-0.25, -0.2) is 0 Å². The quantitative estimate of drug-likeness (QED) is 0.718. The second kappa shape index (κ2) is 4.45. The second-order valence-electron chi connectivity index (χ2n) is 4.02. The van der Waals surface area contributed by atoms with Crippen molar-refractivity contribution in [2.75, 3.05) is 0 Å². The van der Waals surface area contributed by atoms with Gasteiger partial charge in [0.25, 0.3) is 5.56 Å². The molecular weight excluding hydrogens is 236 g/mol. The Morgan fingerprint density at radius 1 is 1.56 bits per heavy atom. The molecule has 0 spiro atoms. The number of rotatable bonds is 1. The molecule has 1 aromatic rings. The van der Waals surface area contributed by atoms with Crippen molar-refractivity contribution in [3.8, 4) is 6.07 Å². The zero-order chi connectivity index (χ0) is 13.3. The lowest BCUT2D eigenvalue weighted by molar-refractivity contribution is -0.144. The summed E-state index contributed by atoms with van der Waals surface area (Å²) in [6.07, 6.45) is -0.0554. The molecule has 6 heteroatoms. The van der Waals surface area contributed by atoms with E-state index in [0.717, 1.165) is 0 Å². The van der Waals surface area contributed by atoms with Crippen molar-refractivity contribution in [3.05, 3.63) is 33.2 Å². The number of esters is 1. The molecule has 1 aliphatic rings. The highest BCUT2D eigenvalue weighted by molar-refractivity contribution is 6.02. The molecular formula is C12H10N2O4. The number of nitrogens with one attached hydrogen (secondary N) is 1. The number of carbonyl (C=O) groups excluding carboxylic acids is 2. The number of pyridine rings is 1. The average Bonchev–Trinajstić information content (AvgIpc) is 2.32. The van der Waals surface area contributed by atoms with Crippen LogP contribution in [0.15, 0.2) is 10.9 Å². The van der Waals surface area contributed by atoms with Crippen LogP contribution in [0.1, 0.15) is 35.0 Å². The van der Waals surface area contributed by atoms with Crippen LogP contribution in [0.2, 0.25) is 0 Å². The molecule has 2 rings (SSSR count). The lowest BCUT2D eigenvalue weighted by Crippen LogP contribution is -2.33. The molecule has 1 heterocycles. The van der Waals surface area contributed by atoms with Crippen LogP contribution in [-0.2, 0) is 16.0 Å². The summed E-state index contributed by atoms with van der Waals surface area (Å²) in [7, 11) is 0. The molecule has 0 amide bonds. The van der Waals surface area contributed by atoms with Gasteiger partial charge in [-0.1, -0.05) is 0 Å². The molecule has 1 unspecified atom stereocenters. The Bertz CT molecular complexity index is 624. The molecule has 0 saturated carbocycles. The fourth-order valence-corrected chi connectivity index (χ4v) is 1.96. The van der Waals surface area contributed by atoms with E-state index in [2.05, 4.69) is 4.98 Å². The number of aryl methyl sites for hydroxylation is 1. The first-order valence-corrected chi connectivity index (χ1v) is 5.40. The third-order valence-electron chi connectivity index (χ3n) is 2.77. The smallest absolute Gasteiger partial charge is 0.303 e. The molecule has 6 nitrogen and oxygen atoms in total. The number of ketones is 1. The standard InChI is InChI=1S/C12H10N2O4/c1-6(15)18-10-3-2-9-8(11(10)16)4-7(5-13)12(17)14-9/h4,10H,2-3H2,1H3,(H,14,17). The number of hydrogen-bond donors (Lipinski definition) is 1. The molecule has 92 valence electrons. The molecule has 0 fully saturated rings. The Hall–Kier alpha value is -2.42. The van der Waals surface area contributed by atoms with Gasteiger partial charge in [0.1, 0.15) is 11.6 Å². The first-order chi connectivity index (χ1) is 8.52. The Balaban J connectivity index is 2.43. The van der Waals surface area contributed by atoms with Crippen LogP contribution < -0.4 is 5.56 Å². The predicted molar refractivity (Wildman–Crippen MR) is 60.0 cm³/mol. The number of aromatic nitrogens is 1. The molecule has 0 aliphatic heterocycles. The maximum absolute atomic E-state index is 12.0. The van der Waals surface area contributed by atoms with Gasteiger partial charge in [-0.15, -0.1) is 0 Å². The fourth-order valence-electron chi connectivity index (χ4n) is 1.96. The van der Waals surface area contributed by atoms with Crippen molar-refractivity contribution in [2.45, 2.75) is 25.9 Å². The Morgan fingerprint density at radius 2 is 2.28 bits per heavy atom. The van der Waals surface area contributed by atoms with Crippen LogP contribution in [0, 0.1) is 11.3 Å². The highest BCUT2D eigenvalue weighted by Gasteiger charge is 2.30. The molecule has 0 saturated heterocycles.